The second-order valence-corrected chi connectivity index (χ2v) is 12.1. The van der Waals surface area contributed by atoms with E-state index >= 15 is 0 Å². The molecule has 0 aliphatic carbocycles. The number of hydrogen-bond donors (Lipinski definition) is 0. The highest BCUT2D eigenvalue weighted by molar-refractivity contribution is 6.74. The first kappa shape index (κ1) is 19.7. The minimum atomic E-state index is -1.74. The van der Waals surface area contributed by atoms with Gasteiger partial charge in [-0.1, -0.05) is 39.0 Å². The molecule has 1 rings (SSSR count). The van der Waals surface area contributed by atoms with E-state index in [0.29, 0.717) is 13.2 Å². The fourth-order valence-corrected chi connectivity index (χ4v) is 2.76. The molecule has 0 heterocycles. The van der Waals surface area contributed by atoms with Crippen molar-refractivity contribution in [2.45, 2.75) is 59.4 Å². The molecular formula is C19H30O3Si. The van der Waals surface area contributed by atoms with Crippen LogP contribution in [0.15, 0.2) is 24.3 Å². The van der Waals surface area contributed by atoms with E-state index in [9.17, 15) is 4.79 Å². The van der Waals surface area contributed by atoms with Gasteiger partial charge in [-0.05, 0) is 54.7 Å². The number of carbonyl (C=O) groups excluding carboxylic acids is 1. The average Bonchev–Trinajstić information content (AvgIpc) is 2.43. The molecule has 0 bridgehead atoms. The monoisotopic (exact) mass is 334 g/mol. The van der Waals surface area contributed by atoms with Crippen molar-refractivity contribution in [2.75, 3.05) is 6.61 Å². The summed E-state index contributed by atoms with van der Waals surface area (Å²) in [5.41, 5.74) is 3.37. The highest BCUT2D eigenvalue weighted by Crippen LogP contribution is 2.37. The van der Waals surface area contributed by atoms with Gasteiger partial charge in [0.25, 0.3) is 0 Å². The number of ether oxygens (including phenoxy) is 1. The Morgan fingerprint density at radius 3 is 2.43 bits per heavy atom. The zero-order valence-electron chi connectivity index (χ0n) is 15.5. The van der Waals surface area contributed by atoms with Gasteiger partial charge in [0.2, 0.25) is 0 Å². The van der Waals surface area contributed by atoms with Crippen LogP contribution in [0.4, 0.5) is 0 Å². The summed E-state index contributed by atoms with van der Waals surface area (Å²) in [6.45, 7) is 16.2. The van der Waals surface area contributed by atoms with E-state index in [0.717, 1.165) is 5.56 Å². The van der Waals surface area contributed by atoms with Crippen LogP contribution in [-0.4, -0.2) is 20.9 Å². The molecule has 23 heavy (non-hydrogen) atoms. The van der Waals surface area contributed by atoms with Gasteiger partial charge in [-0.25, -0.2) is 4.79 Å². The first-order valence-corrected chi connectivity index (χ1v) is 11.1. The number of rotatable bonds is 6. The molecule has 4 heteroatoms. The van der Waals surface area contributed by atoms with Gasteiger partial charge in [-0.3, -0.25) is 0 Å². The lowest BCUT2D eigenvalue weighted by atomic mass is 10.1. The smallest absolute Gasteiger partial charge is 0.330 e. The van der Waals surface area contributed by atoms with E-state index < -0.39 is 8.32 Å². The van der Waals surface area contributed by atoms with Gasteiger partial charge in [0.15, 0.2) is 8.32 Å². The van der Waals surface area contributed by atoms with Crippen LogP contribution in [0.1, 0.15) is 44.4 Å². The lowest BCUT2D eigenvalue weighted by Gasteiger charge is -2.36. The van der Waals surface area contributed by atoms with Crippen LogP contribution >= 0.6 is 0 Å². The summed E-state index contributed by atoms with van der Waals surface area (Å²) in [5.74, 6) is -0.310. The van der Waals surface area contributed by atoms with E-state index in [1.54, 1.807) is 13.0 Å². The fraction of sp³-hybridized carbons (Fsp3) is 0.526. The Morgan fingerprint density at radius 1 is 1.26 bits per heavy atom. The maximum absolute atomic E-state index is 11.4. The molecule has 0 aromatic heterocycles. The van der Waals surface area contributed by atoms with Crippen LogP contribution in [0.2, 0.25) is 18.1 Å². The lowest BCUT2D eigenvalue weighted by molar-refractivity contribution is -0.137. The SMILES string of the molecule is CCOC(=O)/C=C/c1ccc(CO[Si](C)(C)C(C)(C)C)c(C)c1. The van der Waals surface area contributed by atoms with Gasteiger partial charge in [-0.2, -0.15) is 0 Å². The summed E-state index contributed by atoms with van der Waals surface area (Å²) in [4.78, 5) is 11.4. The van der Waals surface area contributed by atoms with Crippen LogP contribution in [0.3, 0.4) is 0 Å². The quantitative estimate of drug-likeness (QED) is 0.413. The maximum atomic E-state index is 11.4. The zero-order valence-corrected chi connectivity index (χ0v) is 16.5. The minimum absolute atomic E-state index is 0.212. The third-order valence-corrected chi connectivity index (χ3v) is 8.94. The van der Waals surface area contributed by atoms with E-state index in [1.165, 1.54) is 17.2 Å². The molecule has 0 spiro atoms. The second-order valence-electron chi connectivity index (χ2n) is 7.32. The van der Waals surface area contributed by atoms with Crippen molar-refractivity contribution in [1.82, 2.24) is 0 Å². The van der Waals surface area contributed by atoms with Crippen LogP contribution in [0.25, 0.3) is 6.08 Å². The molecule has 0 aliphatic rings. The molecule has 0 amide bonds. The number of carbonyl (C=O) groups is 1. The number of esters is 1. The lowest BCUT2D eigenvalue weighted by Crippen LogP contribution is -2.40. The summed E-state index contributed by atoms with van der Waals surface area (Å²) < 4.78 is 11.2. The molecule has 0 aliphatic heterocycles. The Labute approximate surface area is 141 Å². The zero-order chi connectivity index (χ0) is 17.7. The third-order valence-electron chi connectivity index (χ3n) is 4.46. The van der Waals surface area contributed by atoms with Crippen molar-refractivity contribution in [1.29, 1.82) is 0 Å². The number of benzene rings is 1. The Hall–Kier alpha value is -1.39. The van der Waals surface area contributed by atoms with Crippen LogP contribution in [0.5, 0.6) is 0 Å². The fourth-order valence-electron chi connectivity index (χ4n) is 1.81. The maximum Gasteiger partial charge on any atom is 0.330 e. The first-order valence-electron chi connectivity index (χ1n) is 8.15. The molecular weight excluding hydrogens is 304 g/mol. The van der Waals surface area contributed by atoms with Crippen molar-refractivity contribution < 1.29 is 14.0 Å². The molecule has 3 nitrogen and oxygen atoms in total. The summed E-state index contributed by atoms with van der Waals surface area (Å²) in [6.07, 6.45) is 3.24. The van der Waals surface area contributed by atoms with Gasteiger partial charge >= 0.3 is 5.97 Å². The highest BCUT2D eigenvalue weighted by atomic mass is 28.4. The third kappa shape index (κ3) is 5.96. The van der Waals surface area contributed by atoms with Gasteiger partial charge in [0.05, 0.1) is 13.2 Å². The molecule has 1 aromatic carbocycles. The Kier molecular flexibility index (Phi) is 6.78. The largest absolute Gasteiger partial charge is 0.463 e. The summed E-state index contributed by atoms with van der Waals surface area (Å²) in [6, 6.07) is 6.15. The molecule has 0 saturated carbocycles. The van der Waals surface area contributed by atoms with E-state index in [2.05, 4.69) is 52.9 Å². The predicted molar refractivity (Wildman–Crippen MR) is 98.8 cm³/mol. The number of aryl methyl sites for hydroxylation is 1. The van der Waals surface area contributed by atoms with Gasteiger partial charge in [-0.15, -0.1) is 0 Å². The van der Waals surface area contributed by atoms with Gasteiger partial charge in [0, 0.05) is 6.08 Å². The predicted octanol–water partition coefficient (Wildman–Crippen LogP) is 5.09. The van der Waals surface area contributed by atoms with Gasteiger partial charge in [0.1, 0.15) is 0 Å². The summed E-state index contributed by atoms with van der Waals surface area (Å²) >= 11 is 0. The summed E-state index contributed by atoms with van der Waals surface area (Å²) in [7, 11) is -1.74. The number of hydrogen-bond acceptors (Lipinski definition) is 3. The molecule has 0 fully saturated rings. The topological polar surface area (TPSA) is 35.5 Å². The Morgan fingerprint density at radius 2 is 1.91 bits per heavy atom. The standard InChI is InChI=1S/C19H30O3Si/c1-8-21-18(20)12-10-16-9-11-17(15(2)13-16)14-22-23(6,7)19(3,4)5/h9-13H,8,14H2,1-7H3/b12-10+. The van der Waals surface area contributed by atoms with E-state index in [1.807, 2.05) is 6.07 Å². The molecule has 0 radical (unpaired) electrons. The highest BCUT2D eigenvalue weighted by Gasteiger charge is 2.37. The second kappa shape index (κ2) is 7.93. The Bertz CT molecular complexity index is 568. The van der Waals surface area contributed by atoms with Crippen molar-refractivity contribution in [3.05, 3.63) is 41.0 Å². The average molecular weight is 335 g/mol. The first-order chi connectivity index (χ1) is 10.6. The molecule has 0 atom stereocenters. The van der Waals surface area contributed by atoms with Crippen molar-refractivity contribution in [3.63, 3.8) is 0 Å². The van der Waals surface area contributed by atoms with E-state index in [-0.39, 0.29) is 11.0 Å². The van der Waals surface area contributed by atoms with Crippen LogP contribution in [-0.2, 0) is 20.6 Å². The molecule has 1 aromatic rings. The van der Waals surface area contributed by atoms with Crippen molar-refractivity contribution in [2.24, 2.45) is 0 Å². The van der Waals surface area contributed by atoms with Gasteiger partial charge < -0.3 is 9.16 Å². The molecule has 0 saturated heterocycles. The van der Waals surface area contributed by atoms with Crippen molar-refractivity contribution in [3.8, 4) is 0 Å². The minimum Gasteiger partial charge on any atom is -0.463 e. The normalized spacial score (nSPS) is 12.7. The van der Waals surface area contributed by atoms with E-state index in [4.69, 9.17) is 9.16 Å². The van der Waals surface area contributed by atoms with Crippen molar-refractivity contribution >= 4 is 20.4 Å². The molecule has 0 unspecified atom stereocenters. The van der Waals surface area contributed by atoms with Crippen LogP contribution in [0, 0.1) is 6.92 Å². The Balaban J connectivity index is 2.76. The molecule has 0 N–H and O–H groups in total. The molecule has 128 valence electrons. The van der Waals surface area contributed by atoms with Crippen LogP contribution < -0.4 is 0 Å². The summed E-state index contributed by atoms with van der Waals surface area (Å²) in [5, 5.41) is 0.212.